The summed E-state index contributed by atoms with van der Waals surface area (Å²) in [6.07, 6.45) is 2.14. The largest absolute Gasteiger partial charge is 0.497 e. The van der Waals surface area contributed by atoms with Gasteiger partial charge in [0.1, 0.15) is 11.4 Å². The molecule has 8 heteroatoms. The van der Waals surface area contributed by atoms with E-state index in [1.807, 2.05) is 17.0 Å². The van der Waals surface area contributed by atoms with Gasteiger partial charge in [0.15, 0.2) is 5.69 Å². The minimum atomic E-state index is -0.0691. The SMILES string of the molecule is COc1ccc(N2CCN(C3CCCN(C(=O)c4nonc4C)C3)CC2)cc1. The first-order valence-corrected chi connectivity index (χ1v) is 9.87. The molecule has 8 nitrogen and oxygen atoms in total. The Kier molecular flexibility index (Phi) is 5.47. The highest BCUT2D eigenvalue weighted by Crippen LogP contribution is 2.23. The highest BCUT2D eigenvalue weighted by atomic mass is 16.6. The number of anilines is 1. The summed E-state index contributed by atoms with van der Waals surface area (Å²) in [5.41, 5.74) is 2.13. The van der Waals surface area contributed by atoms with E-state index in [2.05, 4.69) is 32.2 Å². The fourth-order valence-corrected chi connectivity index (χ4v) is 4.15. The average Bonchev–Trinajstić information content (AvgIpc) is 3.19. The van der Waals surface area contributed by atoms with Crippen LogP contribution in [0.15, 0.2) is 28.9 Å². The second-order valence-electron chi connectivity index (χ2n) is 7.47. The Balaban J connectivity index is 1.34. The lowest BCUT2D eigenvalue weighted by Crippen LogP contribution is -2.56. The van der Waals surface area contributed by atoms with E-state index in [1.54, 1.807) is 14.0 Å². The number of hydrogen-bond donors (Lipinski definition) is 0. The molecule has 28 heavy (non-hydrogen) atoms. The number of piperidine rings is 1. The maximum absolute atomic E-state index is 12.7. The molecule has 0 radical (unpaired) electrons. The first-order chi connectivity index (χ1) is 13.7. The number of benzene rings is 1. The lowest BCUT2D eigenvalue weighted by atomic mass is 10.0. The van der Waals surface area contributed by atoms with Crippen molar-refractivity contribution in [3.05, 3.63) is 35.7 Å². The number of amides is 1. The molecule has 0 N–H and O–H groups in total. The Morgan fingerprint density at radius 2 is 1.86 bits per heavy atom. The van der Waals surface area contributed by atoms with Gasteiger partial charge in [-0.25, -0.2) is 4.63 Å². The van der Waals surface area contributed by atoms with Gasteiger partial charge in [0.05, 0.1) is 7.11 Å². The molecule has 3 heterocycles. The van der Waals surface area contributed by atoms with Crippen molar-refractivity contribution in [1.29, 1.82) is 0 Å². The number of hydrogen-bond acceptors (Lipinski definition) is 7. The highest BCUT2D eigenvalue weighted by molar-refractivity contribution is 5.93. The van der Waals surface area contributed by atoms with Gasteiger partial charge in [-0.15, -0.1) is 0 Å². The Hall–Kier alpha value is -2.61. The van der Waals surface area contributed by atoms with Crippen molar-refractivity contribution in [1.82, 2.24) is 20.1 Å². The van der Waals surface area contributed by atoms with E-state index in [-0.39, 0.29) is 5.91 Å². The number of piperazine rings is 1. The summed E-state index contributed by atoms with van der Waals surface area (Å²) in [5, 5.41) is 7.51. The van der Waals surface area contributed by atoms with Gasteiger partial charge in [0.2, 0.25) is 0 Å². The molecule has 1 aromatic heterocycles. The normalized spacial score (nSPS) is 21.0. The second kappa shape index (κ2) is 8.18. The molecule has 1 atom stereocenters. The molecule has 0 spiro atoms. The molecule has 2 saturated heterocycles. The zero-order chi connectivity index (χ0) is 19.5. The fraction of sp³-hybridized carbons (Fsp3) is 0.550. The van der Waals surface area contributed by atoms with E-state index in [0.29, 0.717) is 17.4 Å². The number of carbonyl (C=O) groups is 1. The van der Waals surface area contributed by atoms with Crippen molar-refractivity contribution in [3.8, 4) is 5.75 Å². The van der Waals surface area contributed by atoms with Crippen LogP contribution in [0.2, 0.25) is 0 Å². The summed E-state index contributed by atoms with van der Waals surface area (Å²) in [5.74, 6) is 0.812. The van der Waals surface area contributed by atoms with Crippen LogP contribution in [0.4, 0.5) is 5.69 Å². The summed E-state index contributed by atoms with van der Waals surface area (Å²) >= 11 is 0. The number of aromatic nitrogens is 2. The lowest BCUT2D eigenvalue weighted by Gasteiger charge is -2.43. The third kappa shape index (κ3) is 3.82. The summed E-state index contributed by atoms with van der Waals surface area (Å²) in [6, 6.07) is 8.64. The zero-order valence-electron chi connectivity index (χ0n) is 16.5. The molecule has 1 amide bonds. The molecule has 0 aliphatic carbocycles. The van der Waals surface area contributed by atoms with Crippen molar-refractivity contribution in [2.24, 2.45) is 0 Å². The third-order valence-electron chi connectivity index (χ3n) is 5.81. The molecule has 4 rings (SSSR count). The smallest absolute Gasteiger partial charge is 0.278 e. The molecule has 2 aromatic rings. The zero-order valence-corrected chi connectivity index (χ0v) is 16.5. The quantitative estimate of drug-likeness (QED) is 0.795. The maximum Gasteiger partial charge on any atom is 0.278 e. The van der Waals surface area contributed by atoms with Crippen LogP contribution in [0.1, 0.15) is 29.0 Å². The number of rotatable bonds is 4. The number of methoxy groups -OCH3 is 1. The molecule has 0 saturated carbocycles. The molecule has 150 valence electrons. The van der Waals surface area contributed by atoms with E-state index in [9.17, 15) is 4.79 Å². The second-order valence-corrected chi connectivity index (χ2v) is 7.47. The van der Waals surface area contributed by atoms with Gasteiger partial charge in [-0.3, -0.25) is 9.69 Å². The van der Waals surface area contributed by atoms with Crippen molar-refractivity contribution in [3.63, 3.8) is 0 Å². The Bertz CT molecular complexity index is 798. The summed E-state index contributed by atoms with van der Waals surface area (Å²) in [7, 11) is 1.69. The predicted molar refractivity (Wildman–Crippen MR) is 105 cm³/mol. The molecular weight excluding hydrogens is 358 g/mol. The lowest BCUT2D eigenvalue weighted by molar-refractivity contribution is 0.0553. The molecular formula is C20H27N5O3. The van der Waals surface area contributed by atoms with E-state index >= 15 is 0 Å². The number of aryl methyl sites for hydroxylation is 1. The topological polar surface area (TPSA) is 74.9 Å². The predicted octanol–water partition coefficient (Wildman–Crippen LogP) is 1.81. The van der Waals surface area contributed by atoms with Crippen LogP contribution in [-0.4, -0.2) is 78.4 Å². The Morgan fingerprint density at radius 3 is 2.50 bits per heavy atom. The first-order valence-electron chi connectivity index (χ1n) is 9.87. The third-order valence-corrected chi connectivity index (χ3v) is 5.81. The van der Waals surface area contributed by atoms with Crippen LogP contribution >= 0.6 is 0 Å². The average molecular weight is 385 g/mol. The van der Waals surface area contributed by atoms with E-state index in [0.717, 1.165) is 57.9 Å². The summed E-state index contributed by atoms with van der Waals surface area (Å²) < 4.78 is 9.94. The monoisotopic (exact) mass is 385 g/mol. The van der Waals surface area contributed by atoms with E-state index < -0.39 is 0 Å². The molecule has 2 aliphatic heterocycles. The minimum absolute atomic E-state index is 0.0691. The van der Waals surface area contributed by atoms with Crippen LogP contribution in [0, 0.1) is 6.92 Å². The summed E-state index contributed by atoms with van der Waals surface area (Å²) in [4.78, 5) is 19.6. The van der Waals surface area contributed by atoms with Crippen LogP contribution in [0.25, 0.3) is 0 Å². The van der Waals surface area contributed by atoms with Gasteiger partial charge in [-0.05, 0) is 49.2 Å². The molecule has 0 bridgehead atoms. The van der Waals surface area contributed by atoms with Crippen molar-refractivity contribution < 1.29 is 14.2 Å². The molecule has 2 fully saturated rings. The summed E-state index contributed by atoms with van der Waals surface area (Å²) in [6.45, 7) is 7.25. The number of ether oxygens (including phenoxy) is 1. The Morgan fingerprint density at radius 1 is 1.11 bits per heavy atom. The van der Waals surface area contributed by atoms with Gasteiger partial charge in [0, 0.05) is 51.0 Å². The van der Waals surface area contributed by atoms with Crippen molar-refractivity contribution >= 4 is 11.6 Å². The van der Waals surface area contributed by atoms with Crippen molar-refractivity contribution in [2.75, 3.05) is 51.3 Å². The van der Waals surface area contributed by atoms with E-state index in [4.69, 9.17) is 9.37 Å². The van der Waals surface area contributed by atoms with Crippen molar-refractivity contribution in [2.45, 2.75) is 25.8 Å². The van der Waals surface area contributed by atoms with Crippen LogP contribution < -0.4 is 9.64 Å². The van der Waals surface area contributed by atoms with Gasteiger partial charge in [0.25, 0.3) is 5.91 Å². The number of likely N-dealkylation sites (tertiary alicyclic amines) is 1. The van der Waals surface area contributed by atoms with Crippen LogP contribution in [0.3, 0.4) is 0 Å². The van der Waals surface area contributed by atoms with Gasteiger partial charge < -0.3 is 14.5 Å². The molecule has 1 aromatic carbocycles. The highest BCUT2D eigenvalue weighted by Gasteiger charge is 2.32. The Labute approximate surface area is 165 Å². The number of nitrogens with zero attached hydrogens (tertiary/aromatic N) is 5. The molecule has 1 unspecified atom stereocenters. The maximum atomic E-state index is 12.7. The minimum Gasteiger partial charge on any atom is -0.497 e. The first kappa shape index (κ1) is 18.7. The standard InChI is InChI=1S/C20H27N5O3/c1-15-19(22-28-21-15)20(26)25-9-3-4-17(14-25)24-12-10-23(11-13-24)16-5-7-18(27-2)8-6-16/h5-8,17H,3-4,9-14H2,1-2H3. The molecule has 2 aliphatic rings. The fourth-order valence-electron chi connectivity index (χ4n) is 4.15. The van der Waals surface area contributed by atoms with E-state index in [1.165, 1.54) is 5.69 Å². The van der Waals surface area contributed by atoms with Gasteiger partial charge in [-0.2, -0.15) is 0 Å². The number of carbonyl (C=O) groups excluding carboxylic acids is 1. The van der Waals surface area contributed by atoms with Gasteiger partial charge in [-0.1, -0.05) is 5.16 Å². The van der Waals surface area contributed by atoms with Gasteiger partial charge >= 0.3 is 0 Å². The van der Waals surface area contributed by atoms with Crippen LogP contribution in [-0.2, 0) is 0 Å². The van der Waals surface area contributed by atoms with Crippen LogP contribution in [0.5, 0.6) is 5.75 Å².